The number of amides is 2. The highest BCUT2D eigenvalue weighted by Crippen LogP contribution is 2.26. The minimum Gasteiger partial charge on any atom is -0.332 e. The molecular formula is C19H25N3O2. The molecule has 0 bridgehead atoms. The number of likely N-dealkylation sites (tertiary alicyclic amines) is 1. The number of hydrazone groups is 1. The second-order valence-electron chi connectivity index (χ2n) is 6.93. The van der Waals surface area contributed by atoms with Crippen LogP contribution in [0.1, 0.15) is 51.5 Å². The van der Waals surface area contributed by atoms with Crippen molar-refractivity contribution in [1.82, 2.24) is 4.90 Å². The van der Waals surface area contributed by atoms with Crippen LogP contribution >= 0.6 is 0 Å². The molecule has 128 valence electrons. The fraction of sp³-hybridized carbons (Fsp3) is 0.526. The Bertz CT molecular complexity index is 673. The van der Waals surface area contributed by atoms with E-state index in [0.29, 0.717) is 18.6 Å². The van der Waals surface area contributed by atoms with E-state index in [9.17, 15) is 9.59 Å². The van der Waals surface area contributed by atoms with E-state index >= 15 is 0 Å². The molecule has 5 nitrogen and oxygen atoms in total. The molecule has 2 amide bonds. The van der Waals surface area contributed by atoms with E-state index in [0.717, 1.165) is 30.5 Å². The van der Waals surface area contributed by atoms with Crippen molar-refractivity contribution < 1.29 is 9.59 Å². The second kappa shape index (κ2) is 6.75. The Balaban J connectivity index is 1.88. The number of piperidine rings is 1. The highest BCUT2D eigenvalue weighted by atomic mass is 16.2. The van der Waals surface area contributed by atoms with E-state index < -0.39 is 0 Å². The normalized spacial score (nSPS) is 24.8. The summed E-state index contributed by atoms with van der Waals surface area (Å²) in [4.78, 5) is 27.2. The molecule has 0 radical (unpaired) electrons. The Morgan fingerprint density at radius 2 is 1.88 bits per heavy atom. The summed E-state index contributed by atoms with van der Waals surface area (Å²) in [5.41, 5.74) is 2.29. The van der Waals surface area contributed by atoms with Gasteiger partial charge in [0.15, 0.2) is 0 Å². The summed E-state index contributed by atoms with van der Waals surface area (Å²) in [6, 6.07) is 8.11. The molecule has 1 fully saturated rings. The molecule has 2 aliphatic heterocycles. The number of rotatable bonds is 2. The molecule has 2 unspecified atom stereocenters. The van der Waals surface area contributed by atoms with E-state index in [2.05, 4.69) is 18.9 Å². The molecule has 0 N–H and O–H groups in total. The number of hydrogen-bond acceptors (Lipinski definition) is 3. The summed E-state index contributed by atoms with van der Waals surface area (Å²) in [7, 11) is 0. The molecule has 0 aliphatic carbocycles. The fourth-order valence-corrected chi connectivity index (χ4v) is 3.64. The van der Waals surface area contributed by atoms with Crippen LogP contribution in [0.15, 0.2) is 29.4 Å². The van der Waals surface area contributed by atoms with Gasteiger partial charge in [0.05, 0.1) is 5.69 Å². The largest absolute Gasteiger partial charge is 0.332 e. The maximum atomic E-state index is 13.0. The number of nitrogens with zero attached hydrogens (tertiary/aromatic N) is 3. The van der Waals surface area contributed by atoms with Crippen molar-refractivity contribution in [2.45, 2.75) is 65.0 Å². The number of carbonyl (C=O) groups is 2. The van der Waals surface area contributed by atoms with Gasteiger partial charge in [-0.3, -0.25) is 9.59 Å². The number of anilines is 1. The molecule has 1 aromatic carbocycles. The lowest BCUT2D eigenvalue weighted by atomic mass is 9.96. The summed E-state index contributed by atoms with van der Waals surface area (Å²) in [6.07, 6.45) is 3.98. The monoisotopic (exact) mass is 327 g/mol. The number of aryl methyl sites for hydroxylation is 1. The Kier molecular flexibility index (Phi) is 4.69. The van der Waals surface area contributed by atoms with Gasteiger partial charge in [0.2, 0.25) is 5.91 Å². The quantitative estimate of drug-likeness (QED) is 0.837. The Morgan fingerprint density at radius 1 is 1.17 bits per heavy atom. The lowest BCUT2D eigenvalue weighted by molar-refractivity contribution is -0.130. The van der Waals surface area contributed by atoms with Crippen molar-refractivity contribution >= 4 is 23.2 Å². The van der Waals surface area contributed by atoms with Gasteiger partial charge in [-0.15, -0.1) is 0 Å². The highest BCUT2D eigenvalue weighted by molar-refractivity contribution is 6.40. The predicted molar refractivity (Wildman–Crippen MR) is 95.0 cm³/mol. The maximum absolute atomic E-state index is 13.0. The second-order valence-corrected chi connectivity index (χ2v) is 6.93. The standard InChI is InChI=1S/C19H25N3O2/c1-13-6-4-9-16(12-13)22-18(23)11-10-17(20-22)19(24)21-14(2)7-5-8-15(21)3/h4,6,9,12,14-15H,5,7-8,10-11H2,1-3H3. The van der Waals surface area contributed by atoms with Crippen molar-refractivity contribution in [3.63, 3.8) is 0 Å². The van der Waals surface area contributed by atoms with Gasteiger partial charge >= 0.3 is 0 Å². The SMILES string of the molecule is Cc1cccc(N2N=C(C(=O)N3C(C)CCCC3C)CCC2=O)c1. The average Bonchev–Trinajstić information content (AvgIpc) is 2.55. The number of benzene rings is 1. The van der Waals surface area contributed by atoms with Crippen molar-refractivity contribution in [3.8, 4) is 0 Å². The molecule has 24 heavy (non-hydrogen) atoms. The Labute approximate surface area is 143 Å². The third kappa shape index (κ3) is 3.21. The lowest BCUT2D eigenvalue weighted by Crippen LogP contribution is -2.51. The van der Waals surface area contributed by atoms with Crippen LogP contribution in [0.3, 0.4) is 0 Å². The average molecular weight is 327 g/mol. The molecule has 2 heterocycles. The molecule has 2 atom stereocenters. The van der Waals surface area contributed by atoms with E-state index in [1.807, 2.05) is 36.1 Å². The zero-order valence-electron chi connectivity index (χ0n) is 14.7. The molecule has 0 saturated carbocycles. The first-order chi connectivity index (χ1) is 11.5. The summed E-state index contributed by atoms with van der Waals surface area (Å²) < 4.78 is 0. The van der Waals surface area contributed by atoms with Gasteiger partial charge in [-0.25, -0.2) is 5.01 Å². The summed E-state index contributed by atoms with van der Waals surface area (Å²) in [6.45, 7) is 6.17. The first-order valence-electron chi connectivity index (χ1n) is 8.77. The maximum Gasteiger partial charge on any atom is 0.270 e. The summed E-state index contributed by atoms with van der Waals surface area (Å²) in [5, 5.41) is 5.82. The van der Waals surface area contributed by atoms with Gasteiger partial charge in [0.1, 0.15) is 5.71 Å². The van der Waals surface area contributed by atoms with Gasteiger partial charge < -0.3 is 4.90 Å². The summed E-state index contributed by atoms with van der Waals surface area (Å²) >= 11 is 0. The Morgan fingerprint density at radius 3 is 2.54 bits per heavy atom. The van der Waals surface area contributed by atoms with Gasteiger partial charge in [-0.1, -0.05) is 12.1 Å². The molecule has 0 spiro atoms. The van der Waals surface area contributed by atoms with E-state index in [-0.39, 0.29) is 23.9 Å². The van der Waals surface area contributed by atoms with E-state index in [1.54, 1.807) is 0 Å². The van der Waals surface area contributed by atoms with Gasteiger partial charge in [0, 0.05) is 24.9 Å². The van der Waals surface area contributed by atoms with Crippen LogP contribution in [-0.4, -0.2) is 34.5 Å². The number of carbonyl (C=O) groups excluding carboxylic acids is 2. The first-order valence-corrected chi connectivity index (χ1v) is 8.77. The predicted octanol–water partition coefficient (Wildman–Crippen LogP) is 3.27. The van der Waals surface area contributed by atoms with E-state index in [1.165, 1.54) is 5.01 Å². The molecule has 2 aliphatic rings. The van der Waals surface area contributed by atoms with Crippen LogP contribution in [0.5, 0.6) is 0 Å². The van der Waals surface area contributed by atoms with Crippen LogP contribution in [0.4, 0.5) is 5.69 Å². The molecule has 5 heteroatoms. The molecule has 1 aromatic rings. The lowest BCUT2D eigenvalue weighted by Gasteiger charge is -2.39. The van der Waals surface area contributed by atoms with Gasteiger partial charge in [-0.05, 0) is 57.7 Å². The minimum absolute atomic E-state index is 0.0140. The zero-order valence-corrected chi connectivity index (χ0v) is 14.7. The smallest absolute Gasteiger partial charge is 0.270 e. The van der Waals surface area contributed by atoms with Gasteiger partial charge in [-0.2, -0.15) is 5.10 Å². The fourth-order valence-electron chi connectivity index (χ4n) is 3.64. The molecular weight excluding hydrogens is 302 g/mol. The highest BCUT2D eigenvalue weighted by Gasteiger charge is 2.34. The molecule has 0 aromatic heterocycles. The van der Waals surface area contributed by atoms with Crippen molar-refractivity contribution in [1.29, 1.82) is 0 Å². The Hall–Kier alpha value is -2.17. The van der Waals surface area contributed by atoms with Gasteiger partial charge in [0.25, 0.3) is 5.91 Å². The van der Waals surface area contributed by atoms with E-state index in [4.69, 9.17) is 0 Å². The summed E-state index contributed by atoms with van der Waals surface area (Å²) in [5.74, 6) is -0.0725. The topological polar surface area (TPSA) is 53.0 Å². The minimum atomic E-state index is -0.0584. The van der Waals surface area contributed by atoms with Crippen LogP contribution in [0.25, 0.3) is 0 Å². The third-order valence-electron chi connectivity index (χ3n) is 4.95. The molecule has 1 saturated heterocycles. The zero-order chi connectivity index (χ0) is 17.3. The third-order valence-corrected chi connectivity index (χ3v) is 4.95. The first kappa shape index (κ1) is 16.7. The van der Waals surface area contributed by atoms with Crippen molar-refractivity contribution in [2.75, 3.05) is 5.01 Å². The van der Waals surface area contributed by atoms with Crippen molar-refractivity contribution in [3.05, 3.63) is 29.8 Å². The van der Waals surface area contributed by atoms with Crippen molar-refractivity contribution in [2.24, 2.45) is 5.10 Å². The van der Waals surface area contributed by atoms with Crippen LogP contribution in [0, 0.1) is 6.92 Å². The van der Waals surface area contributed by atoms with Crippen LogP contribution in [-0.2, 0) is 9.59 Å². The van der Waals surface area contributed by atoms with Crippen LogP contribution in [0.2, 0.25) is 0 Å². The molecule has 3 rings (SSSR count). The van der Waals surface area contributed by atoms with Crippen LogP contribution < -0.4 is 5.01 Å². The number of hydrogen-bond donors (Lipinski definition) is 0.